The second-order valence-electron chi connectivity index (χ2n) is 2.82. The van der Waals surface area contributed by atoms with E-state index in [0.29, 0.717) is 16.5 Å². The molecule has 0 bridgehead atoms. The van der Waals surface area contributed by atoms with Crippen molar-refractivity contribution in [2.24, 2.45) is 0 Å². The van der Waals surface area contributed by atoms with Gasteiger partial charge in [0.25, 0.3) is 0 Å². The SMILES string of the molecule is CC#CCC(O)c1ccc(Br)c(F)c1. The molecule has 0 aliphatic carbocycles. The van der Waals surface area contributed by atoms with Gasteiger partial charge < -0.3 is 5.11 Å². The Morgan fingerprint density at radius 2 is 2.29 bits per heavy atom. The summed E-state index contributed by atoms with van der Waals surface area (Å²) in [6.07, 6.45) is -0.387. The van der Waals surface area contributed by atoms with E-state index in [2.05, 4.69) is 27.8 Å². The maximum Gasteiger partial charge on any atom is 0.137 e. The first-order valence-electron chi connectivity index (χ1n) is 4.17. The number of hydrogen-bond donors (Lipinski definition) is 1. The Morgan fingerprint density at radius 3 is 2.86 bits per heavy atom. The Bertz CT molecular complexity index is 379. The van der Waals surface area contributed by atoms with Crippen molar-refractivity contribution >= 4 is 15.9 Å². The van der Waals surface area contributed by atoms with Crippen LogP contribution in [-0.4, -0.2) is 5.11 Å². The van der Waals surface area contributed by atoms with Crippen LogP contribution >= 0.6 is 15.9 Å². The van der Waals surface area contributed by atoms with Gasteiger partial charge in [0.05, 0.1) is 10.6 Å². The van der Waals surface area contributed by atoms with Gasteiger partial charge in [-0.05, 0) is 40.5 Å². The van der Waals surface area contributed by atoms with Crippen molar-refractivity contribution in [2.75, 3.05) is 0 Å². The van der Waals surface area contributed by atoms with Gasteiger partial charge in [-0.25, -0.2) is 4.39 Å². The summed E-state index contributed by atoms with van der Waals surface area (Å²) in [5, 5.41) is 9.58. The lowest BCUT2D eigenvalue weighted by atomic mass is 10.1. The van der Waals surface area contributed by atoms with Crippen LogP contribution in [0.3, 0.4) is 0 Å². The molecule has 1 unspecified atom stereocenters. The van der Waals surface area contributed by atoms with Crippen molar-refractivity contribution in [1.82, 2.24) is 0 Å². The van der Waals surface area contributed by atoms with E-state index in [9.17, 15) is 9.50 Å². The molecule has 1 N–H and O–H groups in total. The van der Waals surface area contributed by atoms with Gasteiger partial charge in [-0.1, -0.05) is 6.07 Å². The largest absolute Gasteiger partial charge is 0.387 e. The Balaban J connectivity index is 2.83. The third kappa shape index (κ3) is 2.83. The van der Waals surface area contributed by atoms with Gasteiger partial charge in [0.1, 0.15) is 5.82 Å². The molecular formula is C11H10BrFO. The van der Waals surface area contributed by atoms with Crippen molar-refractivity contribution in [3.63, 3.8) is 0 Å². The molecule has 0 saturated carbocycles. The zero-order valence-corrected chi connectivity index (χ0v) is 9.31. The Morgan fingerprint density at radius 1 is 1.57 bits per heavy atom. The van der Waals surface area contributed by atoms with Crippen LogP contribution < -0.4 is 0 Å². The first-order valence-corrected chi connectivity index (χ1v) is 4.97. The molecule has 0 aromatic heterocycles. The average Bonchev–Trinajstić information content (AvgIpc) is 2.18. The highest BCUT2D eigenvalue weighted by molar-refractivity contribution is 9.10. The Kier molecular flexibility index (Phi) is 4.12. The van der Waals surface area contributed by atoms with Gasteiger partial charge in [0.2, 0.25) is 0 Å². The molecule has 0 aliphatic heterocycles. The average molecular weight is 257 g/mol. The van der Waals surface area contributed by atoms with Crippen LogP contribution in [0.25, 0.3) is 0 Å². The lowest BCUT2D eigenvalue weighted by Crippen LogP contribution is -1.96. The van der Waals surface area contributed by atoms with Gasteiger partial charge in [-0.15, -0.1) is 11.8 Å². The van der Waals surface area contributed by atoms with Gasteiger partial charge in [-0.2, -0.15) is 0 Å². The minimum atomic E-state index is -0.718. The summed E-state index contributed by atoms with van der Waals surface area (Å²) in [7, 11) is 0. The topological polar surface area (TPSA) is 20.2 Å². The van der Waals surface area contributed by atoms with Crippen LogP contribution in [-0.2, 0) is 0 Å². The predicted molar refractivity (Wildman–Crippen MR) is 57.1 cm³/mol. The smallest absolute Gasteiger partial charge is 0.137 e. The molecule has 1 aromatic carbocycles. The number of rotatable bonds is 2. The molecule has 1 rings (SSSR count). The number of hydrogen-bond acceptors (Lipinski definition) is 1. The van der Waals surface area contributed by atoms with Crippen LogP contribution in [0.4, 0.5) is 4.39 Å². The minimum Gasteiger partial charge on any atom is -0.387 e. The second kappa shape index (κ2) is 5.14. The van der Waals surface area contributed by atoms with Gasteiger partial charge in [-0.3, -0.25) is 0 Å². The third-order valence-corrected chi connectivity index (χ3v) is 2.44. The van der Waals surface area contributed by atoms with Crippen LogP contribution in [0.5, 0.6) is 0 Å². The molecule has 14 heavy (non-hydrogen) atoms. The molecular weight excluding hydrogens is 247 g/mol. The highest BCUT2D eigenvalue weighted by Crippen LogP contribution is 2.22. The van der Waals surface area contributed by atoms with Gasteiger partial charge in [0, 0.05) is 6.42 Å². The van der Waals surface area contributed by atoms with Crippen molar-refractivity contribution in [3.8, 4) is 11.8 Å². The quantitative estimate of drug-likeness (QED) is 0.807. The molecule has 1 atom stereocenters. The number of aliphatic hydroxyl groups excluding tert-OH is 1. The molecule has 0 heterocycles. The molecule has 1 aromatic rings. The van der Waals surface area contributed by atoms with Crippen molar-refractivity contribution in [3.05, 3.63) is 34.1 Å². The summed E-state index contributed by atoms with van der Waals surface area (Å²) in [6, 6.07) is 4.56. The summed E-state index contributed by atoms with van der Waals surface area (Å²) < 4.78 is 13.5. The summed E-state index contributed by atoms with van der Waals surface area (Å²) in [6.45, 7) is 1.70. The molecule has 0 spiro atoms. The molecule has 1 nitrogen and oxygen atoms in total. The number of benzene rings is 1. The predicted octanol–water partition coefficient (Wildman–Crippen LogP) is 3.04. The van der Waals surface area contributed by atoms with E-state index >= 15 is 0 Å². The van der Waals surface area contributed by atoms with E-state index in [4.69, 9.17) is 0 Å². The first-order chi connectivity index (χ1) is 6.65. The normalized spacial score (nSPS) is 11.7. The van der Waals surface area contributed by atoms with Gasteiger partial charge >= 0.3 is 0 Å². The van der Waals surface area contributed by atoms with Crippen LogP contribution in [0, 0.1) is 17.7 Å². The van der Waals surface area contributed by atoms with E-state index in [1.807, 2.05) is 0 Å². The third-order valence-electron chi connectivity index (χ3n) is 1.80. The van der Waals surface area contributed by atoms with E-state index in [1.54, 1.807) is 19.1 Å². The van der Waals surface area contributed by atoms with E-state index < -0.39 is 6.10 Å². The molecule has 0 fully saturated rings. The van der Waals surface area contributed by atoms with E-state index in [1.165, 1.54) is 6.07 Å². The fourth-order valence-corrected chi connectivity index (χ4v) is 1.28. The molecule has 0 saturated heterocycles. The number of halogens is 2. The molecule has 3 heteroatoms. The van der Waals surface area contributed by atoms with Crippen molar-refractivity contribution in [2.45, 2.75) is 19.4 Å². The monoisotopic (exact) mass is 256 g/mol. The summed E-state index contributed by atoms with van der Waals surface area (Å²) in [4.78, 5) is 0. The lowest BCUT2D eigenvalue weighted by Gasteiger charge is -2.07. The molecule has 0 aliphatic rings. The maximum absolute atomic E-state index is 13.1. The van der Waals surface area contributed by atoms with Crippen LogP contribution in [0.1, 0.15) is 25.0 Å². The first kappa shape index (κ1) is 11.2. The summed E-state index contributed by atoms with van der Waals surface area (Å²) >= 11 is 3.05. The Hall–Kier alpha value is -0.850. The standard InChI is InChI=1S/C11H10BrFO/c1-2-3-4-11(14)8-5-6-9(12)10(13)7-8/h5-7,11,14H,4H2,1H3. The van der Waals surface area contributed by atoms with Crippen molar-refractivity contribution in [1.29, 1.82) is 0 Å². The summed E-state index contributed by atoms with van der Waals surface area (Å²) in [5.74, 6) is 5.06. The van der Waals surface area contributed by atoms with E-state index in [-0.39, 0.29) is 5.82 Å². The summed E-state index contributed by atoms with van der Waals surface area (Å²) in [5.41, 5.74) is 0.549. The maximum atomic E-state index is 13.1. The molecule has 0 radical (unpaired) electrons. The van der Waals surface area contributed by atoms with Crippen LogP contribution in [0.15, 0.2) is 22.7 Å². The fraction of sp³-hybridized carbons (Fsp3) is 0.273. The van der Waals surface area contributed by atoms with Crippen LogP contribution in [0.2, 0.25) is 0 Å². The highest BCUT2D eigenvalue weighted by Gasteiger charge is 2.08. The number of aliphatic hydroxyl groups is 1. The highest BCUT2D eigenvalue weighted by atomic mass is 79.9. The fourth-order valence-electron chi connectivity index (χ4n) is 1.04. The second-order valence-corrected chi connectivity index (χ2v) is 3.67. The zero-order chi connectivity index (χ0) is 10.6. The molecule has 0 amide bonds. The zero-order valence-electron chi connectivity index (χ0n) is 7.72. The lowest BCUT2D eigenvalue weighted by molar-refractivity contribution is 0.183. The van der Waals surface area contributed by atoms with E-state index in [0.717, 1.165) is 0 Å². The minimum absolute atomic E-state index is 0.331. The van der Waals surface area contributed by atoms with Crippen molar-refractivity contribution < 1.29 is 9.50 Å². The Labute approximate surface area is 91.1 Å². The molecule has 74 valence electrons. The van der Waals surface area contributed by atoms with Gasteiger partial charge in [0.15, 0.2) is 0 Å².